The Bertz CT molecular complexity index is 1060. The maximum absolute atomic E-state index is 13.7. The Morgan fingerprint density at radius 3 is 2.79 bits per heavy atom. The predicted molar refractivity (Wildman–Crippen MR) is 140 cm³/mol. The number of halogens is 1. The number of methoxy groups -OCH3 is 1. The number of aromatic nitrogens is 1. The molecule has 9 heteroatoms. The fourth-order valence-electron chi connectivity index (χ4n) is 3.77. The van der Waals surface area contributed by atoms with Crippen molar-refractivity contribution >= 4 is 56.8 Å². The van der Waals surface area contributed by atoms with E-state index in [-0.39, 0.29) is 18.3 Å². The Morgan fingerprint density at radius 2 is 2.03 bits per heavy atom. The number of rotatable bonds is 9. The standard InChI is InChI=1S/C24H29N3O3S2.ClH/c1-3-31-21-8-5-4-7-19(21)23(28)27(12-6-11-26-13-15-30-16-14-26)24-25-20-10-9-18(29-2)17-22(20)32-24;/h4-5,7-10,17H,3,6,11-16H2,1-2H3;1H. The monoisotopic (exact) mass is 507 g/mol. The molecule has 0 saturated carbocycles. The molecule has 2 aromatic carbocycles. The fraction of sp³-hybridized carbons (Fsp3) is 0.417. The van der Waals surface area contributed by atoms with Crippen LogP contribution >= 0.6 is 35.5 Å². The number of morpholine rings is 1. The second kappa shape index (κ2) is 12.6. The largest absolute Gasteiger partial charge is 0.497 e. The zero-order valence-corrected chi connectivity index (χ0v) is 21.4. The van der Waals surface area contributed by atoms with Gasteiger partial charge in [0.15, 0.2) is 5.13 Å². The maximum atomic E-state index is 13.7. The number of amides is 1. The van der Waals surface area contributed by atoms with Crippen LogP contribution in [0.1, 0.15) is 23.7 Å². The summed E-state index contributed by atoms with van der Waals surface area (Å²) in [5.74, 6) is 1.72. The third kappa shape index (κ3) is 6.39. The number of nitrogens with zero attached hydrogens (tertiary/aromatic N) is 3. The van der Waals surface area contributed by atoms with Crippen LogP contribution in [0, 0.1) is 0 Å². The van der Waals surface area contributed by atoms with Gasteiger partial charge in [-0.3, -0.25) is 14.6 Å². The number of carbonyl (C=O) groups is 1. The van der Waals surface area contributed by atoms with Gasteiger partial charge in [-0.2, -0.15) is 0 Å². The van der Waals surface area contributed by atoms with E-state index in [2.05, 4.69) is 11.8 Å². The molecule has 1 aromatic heterocycles. The van der Waals surface area contributed by atoms with E-state index in [1.54, 1.807) is 18.9 Å². The molecule has 0 bridgehead atoms. The van der Waals surface area contributed by atoms with Crippen molar-refractivity contribution in [3.63, 3.8) is 0 Å². The SMILES string of the molecule is CCSc1ccccc1C(=O)N(CCCN1CCOCC1)c1nc2ccc(OC)cc2s1.Cl. The van der Waals surface area contributed by atoms with Crippen LogP contribution in [0.15, 0.2) is 47.4 Å². The highest BCUT2D eigenvalue weighted by Gasteiger charge is 2.24. The number of carbonyl (C=O) groups excluding carboxylic acids is 1. The molecule has 6 nitrogen and oxygen atoms in total. The molecule has 1 saturated heterocycles. The lowest BCUT2D eigenvalue weighted by atomic mass is 10.2. The lowest BCUT2D eigenvalue weighted by Gasteiger charge is -2.28. The summed E-state index contributed by atoms with van der Waals surface area (Å²) >= 11 is 3.23. The first-order chi connectivity index (χ1) is 15.7. The molecule has 0 atom stereocenters. The Kier molecular flexibility index (Phi) is 9.82. The smallest absolute Gasteiger partial charge is 0.261 e. The third-order valence-electron chi connectivity index (χ3n) is 5.44. The molecule has 2 heterocycles. The van der Waals surface area contributed by atoms with Gasteiger partial charge in [0.2, 0.25) is 0 Å². The summed E-state index contributed by atoms with van der Waals surface area (Å²) < 4.78 is 11.8. The van der Waals surface area contributed by atoms with E-state index >= 15 is 0 Å². The maximum Gasteiger partial charge on any atom is 0.261 e. The highest BCUT2D eigenvalue weighted by atomic mass is 35.5. The second-order valence-electron chi connectivity index (χ2n) is 7.52. The molecule has 33 heavy (non-hydrogen) atoms. The Morgan fingerprint density at radius 1 is 1.24 bits per heavy atom. The van der Waals surface area contributed by atoms with Gasteiger partial charge in [-0.1, -0.05) is 30.4 Å². The van der Waals surface area contributed by atoms with E-state index in [0.717, 1.165) is 76.6 Å². The third-order valence-corrected chi connectivity index (χ3v) is 7.43. The van der Waals surface area contributed by atoms with Crippen molar-refractivity contribution in [3.05, 3.63) is 48.0 Å². The van der Waals surface area contributed by atoms with Gasteiger partial charge < -0.3 is 9.47 Å². The van der Waals surface area contributed by atoms with Crippen LogP contribution in [0.25, 0.3) is 10.2 Å². The molecule has 4 rings (SSSR count). The van der Waals surface area contributed by atoms with Crippen molar-refractivity contribution < 1.29 is 14.3 Å². The Labute approximate surface area is 209 Å². The zero-order chi connectivity index (χ0) is 22.3. The van der Waals surface area contributed by atoms with Gasteiger partial charge in [0, 0.05) is 31.1 Å². The minimum absolute atomic E-state index is 0. The van der Waals surface area contributed by atoms with Gasteiger partial charge in [-0.15, -0.1) is 24.2 Å². The number of anilines is 1. The molecule has 0 unspecified atom stereocenters. The van der Waals surface area contributed by atoms with Crippen molar-refractivity contribution in [1.29, 1.82) is 0 Å². The van der Waals surface area contributed by atoms with Gasteiger partial charge >= 0.3 is 0 Å². The highest BCUT2D eigenvalue weighted by molar-refractivity contribution is 7.99. The van der Waals surface area contributed by atoms with Gasteiger partial charge in [-0.25, -0.2) is 4.98 Å². The van der Waals surface area contributed by atoms with Crippen LogP contribution in [-0.2, 0) is 4.74 Å². The van der Waals surface area contributed by atoms with Gasteiger partial charge in [-0.05, 0) is 42.5 Å². The number of hydrogen-bond acceptors (Lipinski definition) is 7. The fourth-order valence-corrected chi connectivity index (χ4v) is 5.58. The normalized spacial score (nSPS) is 14.1. The second-order valence-corrected chi connectivity index (χ2v) is 9.84. The molecule has 3 aromatic rings. The molecule has 0 N–H and O–H groups in total. The van der Waals surface area contributed by atoms with Crippen molar-refractivity contribution in [3.8, 4) is 5.75 Å². The lowest BCUT2D eigenvalue weighted by Crippen LogP contribution is -2.39. The molecular formula is C24H30ClN3O3S2. The summed E-state index contributed by atoms with van der Waals surface area (Å²) in [5, 5.41) is 0.733. The molecule has 0 radical (unpaired) electrons. The summed E-state index contributed by atoms with van der Waals surface area (Å²) in [6, 6.07) is 13.7. The molecule has 0 aliphatic carbocycles. The first kappa shape index (κ1) is 25.8. The van der Waals surface area contributed by atoms with Gasteiger partial charge in [0.1, 0.15) is 5.75 Å². The number of ether oxygens (including phenoxy) is 2. The number of benzene rings is 2. The van der Waals surface area contributed by atoms with Crippen molar-refractivity contribution in [1.82, 2.24) is 9.88 Å². The minimum atomic E-state index is 0. The van der Waals surface area contributed by atoms with E-state index < -0.39 is 0 Å². The summed E-state index contributed by atoms with van der Waals surface area (Å²) in [6.07, 6.45) is 0.883. The molecule has 1 amide bonds. The minimum Gasteiger partial charge on any atom is -0.497 e. The molecule has 1 fully saturated rings. The first-order valence-electron chi connectivity index (χ1n) is 11.0. The zero-order valence-electron chi connectivity index (χ0n) is 19.0. The van der Waals surface area contributed by atoms with Gasteiger partial charge in [0.05, 0.1) is 36.1 Å². The first-order valence-corrected chi connectivity index (χ1v) is 12.8. The van der Waals surface area contributed by atoms with E-state index in [9.17, 15) is 4.79 Å². The summed E-state index contributed by atoms with van der Waals surface area (Å²) in [5.41, 5.74) is 1.62. The topological polar surface area (TPSA) is 54.9 Å². The van der Waals surface area contributed by atoms with E-state index in [0.29, 0.717) is 6.54 Å². The van der Waals surface area contributed by atoms with Crippen LogP contribution in [0.2, 0.25) is 0 Å². The quantitative estimate of drug-likeness (QED) is 0.371. The van der Waals surface area contributed by atoms with Crippen molar-refractivity contribution in [2.45, 2.75) is 18.2 Å². The summed E-state index contributed by atoms with van der Waals surface area (Å²) in [7, 11) is 1.66. The van der Waals surface area contributed by atoms with E-state index in [1.807, 2.05) is 47.4 Å². The lowest BCUT2D eigenvalue weighted by molar-refractivity contribution is 0.0376. The number of hydrogen-bond donors (Lipinski definition) is 0. The van der Waals surface area contributed by atoms with E-state index in [1.165, 1.54) is 11.3 Å². The molecule has 1 aliphatic rings. The Balaban J connectivity index is 0.00000306. The molecule has 1 aliphatic heterocycles. The van der Waals surface area contributed by atoms with Crippen molar-refractivity contribution in [2.75, 3.05) is 57.2 Å². The predicted octanol–water partition coefficient (Wildman–Crippen LogP) is 5.21. The molecule has 0 spiro atoms. The van der Waals surface area contributed by atoms with Crippen molar-refractivity contribution in [2.24, 2.45) is 0 Å². The highest BCUT2D eigenvalue weighted by Crippen LogP contribution is 2.33. The average Bonchev–Trinajstić information content (AvgIpc) is 3.25. The van der Waals surface area contributed by atoms with Crippen LogP contribution < -0.4 is 9.64 Å². The Hall–Kier alpha value is -1.84. The number of thioether (sulfide) groups is 1. The summed E-state index contributed by atoms with van der Waals surface area (Å²) in [6.45, 7) is 7.13. The van der Waals surface area contributed by atoms with E-state index in [4.69, 9.17) is 14.5 Å². The number of thiazole rings is 1. The number of fused-ring (bicyclic) bond motifs is 1. The average molecular weight is 508 g/mol. The van der Waals surface area contributed by atoms with Crippen LogP contribution in [0.4, 0.5) is 5.13 Å². The van der Waals surface area contributed by atoms with Crippen LogP contribution in [0.5, 0.6) is 5.75 Å². The van der Waals surface area contributed by atoms with Gasteiger partial charge in [0.25, 0.3) is 5.91 Å². The molecule has 178 valence electrons. The summed E-state index contributed by atoms with van der Waals surface area (Å²) in [4.78, 5) is 23.8. The van der Waals surface area contributed by atoms with Crippen LogP contribution in [0.3, 0.4) is 0 Å². The van der Waals surface area contributed by atoms with Crippen LogP contribution in [-0.4, -0.2) is 68.0 Å². The molecular weight excluding hydrogens is 478 g/mol.